The van der Waals surface area contributed by atoms with Crippen molar-refractivity contribution in [3.63, 3.8) is 0 Å². The second kappa shape index (κ2) is 9.87. The molecule has 1 aromatic carbocycles. The highest BCUT2D eigenvalue weighted by atomic mass is 35.5. The van der Waals surface area contributed by atoms with E-state index >= 15 is 0 Å². The number of nitrogens with zero attached hydrogens (tertiary/aromatic N) is 4. The Hall–Kier alpha value is -2.89. The quantitative estimate of drug-likeness (QED) is 0.339. The van der Waals surface area contributed by atoms with Gasteiger partial charge < -0.3 is 21.5 Å². The van der Waals surface area contributed by atoms with E-state index in [1.54, 1.807) is 16.9 Å². The summed E-state index contributed by atoms with van der Waals surface area (Å²) in [4.78, 5) is 7.96. The monoisotopic (exact) mass is 520 g/mol. The molecule has 1 saturated carbocycles. The molecule has 3 atom stereocenters. The topological polar surface area (TPSA) is 116 Å². The Morgan fingerprint density at radius 2 is 2.08 bits per heavy atom. The Labute approximate surface area is 210 Å². The van der Waals surface area contributed by atoms with Gasteiger partial charge in [-0.15, -0.1) is 0 Å². The summed E-state index contributed by atoms with van der Waals surface area (Å²) in [5, 5.41) is 24.2. The van der Waals surface area contributed by atoms with Crippen molar-refractivity contribution in [1.29, 1.82) is 0 Å². The summed E-state index contributed by atoms with van der Waals surface area (Å²) in [5.74, 6) is -0.509. The van der Waals surface area contributed by atoms with Gasteiger partial charge in [0, 0.05) is 47.0 Å². The number of hydrogen-bond donors (Lipinski definition) is 3. The number of hydrogen-bond acceptors (Lipinski definition) is 7. The molecule has 0 spiro atoms. The number of fused-ring (bicyclic) bond motifs is 1. The molecule has 8 nitrogen and oxygen atoms in total. The van der Waals surface area contributed by atoms with Gasteiger partial charge in [-0.25, -0.2) is 4.98 Å². The minimum atomic E-state index is -4.58. The molecule has 2 aromatic heterocycles. The van der Waals surface area contributed by atoms with Gasteiger partial charge in [-0.3, -0.25) is 9.67 Å². The molecule has 2 fully saturated rings. The molecule has 2 unspecified atom stereocenters. The molecule has 5 rings (SSSR count). The third-order valence-electron chi connectivity index (χ3n) is 6.87. The molecule has 192 valence electrons. The lowest BCUT2D eigenvalue weighted by molar-refractivity contribution is -0.213. The molecule has 1 saturated heterocycles. The van der Waals surface area contributed by atoms with E-state index in [2.05, 4.69) is 25.7 Å². The lowest BCUT2D eigenvalue weighted by Crippen LogP contribution is -2.43. The Balaban J connectivity index is 1.31. The number of anilines is 1. The smallest absolute Gasteiger partial charge is 0.433 e. The first kappa shape index (κ1) is 24.8. The van der Waals surface area contributed by atoms with Crippen LogP contribution in [0.5, 0.6) is 0 Å². The van der Waals surface area contributed by atoms with Crippen LogP contribution in [-0.2, 0) is 6.18 Å². The molecule has 0 amide bonds. The largest absolute Gasteiger partial charge is 0.858 e. The molecule has 1 aliphatic heterocycles. The summed E-state index contributed by atoms with van der Waals surface area (Å²) in [6.07, 6.45) is 0.797. The van der Waals surface area contributed by atoms with E-state index in [0.29, 0.717) is 28.1 Å². The predicted molar refractivity (Wildman–Crippen MR) is 130 cm³/mol. The summed E-state index contributed by atoms with van der Waals surface area (Å²) < 4.78 is 42.2. The number of nitrogens with one attached hydrogen (secondary N) is 2. The average molecular weight is 521 g/mol. The molecule has 36 heavy (non-hydrogen) atoms. The number of aromatic nitrogens is 3. The minimum Gasteiger partial charge on any atom is -0.858 e. The van der Waals surface area contributed by atoms with E-state index in [-0.39, 0.29) is 23.5 Å². The third kappa shape index (κ3) is 5.28. The molecular formula is C24H26ClF3N7O-. The Bertz CT molecular complexity index is 1270. The summed E-state index contributed by atoms with van der Waals surface area (Å²) in [5.41, 5.74) is 6.26. The van der Waals surface area contributed by atoms with Gasteiger partial charge in [-0.2, -0.15) is 18.3 Å². The number of aliphatic imine (C=N–C) groups is 1. The normalized spacial score (nSPS) is 22.4. The fraction of sp³-hybridized carbons (Fsp3) is 0.458. The fourth-order valence-electron chi connectivity index (χ4n) is 4.78. The van der Waals surface area contributed by atoms with Crippen LogP contribution in [0.25, 0.3) is 10.9 Å². The van der Waals surface area contributed by atoms with Gasteiger partial charge in [0.1, 0.15) is 5.69 Å². The highest BCUT2D eigenvalue weighted by molar-refractivity contribution is 6.31. The lowest BCUT2D eigenvalue weighted by atomic mass is 9.84. The molecule has 1 aliphatic carbocycles. The number of nitrogens with two attached hydrogens (primary N) is 1. The highest BCUT2D eigenvalue weighted by Crippen LogP contribution is 2.36. The average Bonchev–Trinajstić information content (AvgIpc) is 3.27. The third-order valence-corrected chi connectivity index (χ3v) is 7.10. The van der Waals surface area contributed by atoms with Crippen LogP contribution < -0.4 is 21.5 Å². The minimum absolute atomic E-state index is 0.0927. The summed E-state index contributed by atoms with van der Waals surface area (Å²) >= 11 is 6.11. The zero-order valence-corrected chi connectivity index (χ0v) is 20.1. The van der Waals surface area contributed by atoms with Crippen LogP contribution in [0.1, 0.15) is 43.0 Å². The van der Waals surface area contributed by atoms with E-state index in [1.165, 1.54) is 18.3 Å². The zero-order chi connectivity index (χ0) is 25.4. The zero-order valence-electron chi connectivity index (χ0n) is 19.3. The molecule has 2 aliphatic rings. The molecule has 0 bridgehead atoms. The van der Waals surface area contributed by atoms with Crippen molar-refractivity contribution in [1.82, 2.24) is 20.1 Å². The van der Waals surface area contributed by atoms with Crippen LogP contribution in [-0.4, -0.2) is 46.0 Å². The van der Waals surface area contributed by atoms with Crippen molar-refractivity contribution in [3.8, 4) is 0 Å². The number of alkyl halides is 3. The molecule has 4 N–H and O–H groups in total. The van der Waals surface area contributed by atoms with Gasteiger partial charge in [0.15, 0.2) is 0 Å². The van der Waals surface area contributed by atoms with Crippen molar-refractivity contribution in [2.24, 2.45) is 16.6 Å². The molecule has 3 aromatic rings. The second-order valence-electron chi connectivity index (χ2n) is 9.43. The van der Waals surface area contributed by atoms with Crippen molar-refractivity contribution in [2.45, 2.75) is 50.1 Å². The number of benzene rings is 1. The predicted octanol–water partition coefficient (Wildman–Crippen LogP) is 3.31. The Kier molecular flexibility index (Phi) is 6.80. The first-order valence-corrected chi connectivity index (χ1v) is 12.2. The van der Waals surface area contributed by atoms with E-state index < -0.39 is 23.9 Å². The van der Waals surface area contributed by atoms with E-state index in [4.69, 9.17) is 17.3 Å². The van der Waals surface area contributed by atoms with E-state index in [0.717, 1.165) is 38.4 Å². The number of halogens is 4. The highest BCUT2D eigenvalue weighted by Gasteiger charge is 2.34. The van der Waals surface area contributed by atoms with Gasteiger partial charge in [-0.1, -0.05) is 18.0 Å². The van der Waals surface area contributed by atoms with Crippen molar-refractivity contribution < 1.29 is 18.3 Å². The maximum absolute atomic E-state index is 13.5. The first-order valence-electron chi connectivity index (χ1n) is 11.9. The summed E-state index contributed by atoms with van der Waals surface area (Å²) in [6.45, 7) is 1.62. The van der Waals surface area contributed by atoms with Gasteiger partial charge >= 0.3 is 6.18 Å². The van der Waals surface area contributed by atoms with Gasteiger partial charge in [0.05, 0.1) is 23.9 Å². The van der Waals surface area contributed by atoms with Gasteiger partial charge in [-0.05, 0) is 55.3 Å². The molecule has 0 radical (unpaired) electrons. The molecule has 12 heteroatoms. The van der Waals surface area contributed by atoms with Gasteiger partial charge in [0.2, 0.25) is 0 Å². The summed E-state index contributed by atoms with van der Waals surface area (Å²) in [7, 11) is 0. The second-order valence-corrected chi connectivity index (χ2v) is 9.86. The van der Waals surface area contributed by atoms with Crippen LogP contribution in [0.3, 0.4) is 0 Å². The maximum Gasteiger partial charge on any atom is 0.433 e. The Morgan fingerprint density at radius 3 is 2.81 bits per heavy atom. The van der Waals surface area contributed by atoms with Crippen molar-refractivity contribution in [3.05, 3.63) is 52.9 Å². The fourth-order valence-corrected chi connectivity index (χ4v) is 4.95. The summed E-state index contributed by atoms with van der Waals surface area (Å²) in [6, 6.07) is 5.72. The van der Waals surface area contributed by atoms with Crippen molar-refractivity contribution >= 4 is 34.1 Å². The standard InChI is InChI=1S/C24H27ClF3N7O/c25-15-4-5-19-18(7-15)20(8-21(33-19)24(26,27)28)32-16-3-1-2-13(6-16)22(29)34-23(36)14-9-31-35(12-14)17-10-30-11-17/h4-5,7-9,12-13,16-17,22,30H,1-3,6,10-11,29H2,(H,32,33)(H,34,36)/p-1/t13?,16-,22?/m0/s1. The van der Waals surface area contributed by atoms with E-state index in [1.807, 2.05) is 0 Å². The number of pyridine rings is 1. The lowest BCUT2D eigenvalue weighted by Gasteiger charge is -2.33. The van der Waals surface area contributed by atoms with Crippen LogP contribution in [0.4, 0.5) is 18.9 Å². The number of rotatable bonds is 6. The van der Waals surface area contributed by atoms with Crippen LogP contribution >= 0.6 is 11.6 Å². The van der Waals surface area contributed by atoms with Crippen LogP contribution in [0, 0.1) is 5.92 Å². The van der Waals surface area contributed by atoms with Gasteiger partial charge in [0.25, 0.3) is 0 Å². The Morgan fingerprint density at radius 1 is 1.28 bits per heavy atom. The SMILES string of the molecule is NC(/N=C(\[O-])c1cnn(C2CNC2)c1)C1CCC[C@H](Nc2cc(C(F)(F)F)nc3ccc(Cl)cc23)C1. The molecule has 3 heterocycles. The van der Waals surface area contributed by atoms with Crippen molar-refractivity contribution in [2.75, 3.05) is 18.4 Å². The molecular weight excluding hydrogens is 495 g/mol. The first-order chi connectivity index (χ1) is 17.2. The van der Waals surface area contributed by atoms with E-state index in [9.17, 15) is 18.3 Å². The maximum atomic E-state index is 13.5. The van der Waals surface area contributed by atoms with Crippen LogP contribution in [0.2, 0.25) is 5.02 Å². The van der Waals surface area contributed by atoms with Crippen LogP contribution in [0.15, 0.2) is 41.7 Å².